The molecule has 0 aliphatic carbocycles. The molecule has 1 rings (SSSR count). The number of nitrogens with two attached hydrogens (primary N) is 2. The van der Waals surface area contributed by atoms with E-state index in [4.69, 9.17) is 11.5 Å². The largest absolute Gasteiger partial charge is 0.393 e. The Kier molecular flexibility index (Phi) is 6.74. The number of hydrogen-bond acceptors (Lipinski definition) is 4. The van der Waals surface area contributed by atoms with Gasteiger partial charge in [0.2, 0.25) is 0 Å². The van der Waals surface area contributed by atoms with Gasteiger partial charge in [0.1, 0.15) is 11.5 Å². The molecular weight excluding hydrogens is 256 g/mol. The number of aliphatic imine (C=N–C) groups is 1. The average Bonchev–Trinajstić information content (AvgIpc) is 2.29. The van der Waals surface area contributed by atoms with Crippen LogP contribution in [0, 0.1) is 10.1 Å². The average molecular weight is 273 g/mol. The predicted molar refractivity (Wildman–Crippen MR) is 75.3 cm³/mol. The van der Waals surface area contributed by atoms with Gasteiger partial charge in [-0.25, -0.2) is 0 Å². The number of nitrogens with zero attached hydrogens (tertiary/aromatic N) is 2. The van der Waals surface area contributed by atoms with Crippen LogP contribution in [0.4, 0.5) is 11.4 Å². The molecule has 0 saturated carbocycles. The molecule has 7 heteroatoms. The van der Waals surface area contributed by atoms with E-state index >= 15 is 0 Å². The minimum Gasteiger partial charge on any atom is -0.393 e. The molecule has 1 aromatic carbocycles. The molecule has 18 heavy (non-hydrogen) atoms. The number of halogens is 1. The predicted octanol–water partition coefficient (Wildman–Crippen LogP) is 2.10. The first-order valence-corrected chi connectivity index (χ1v) is 5.40. The number of rotatable bonds is 5. The molecule has 0 aliphatic rings. The van der Waals surface area contributed by atoms with Gasteiger partial charge >= 0.3 is 0 Å². The van der Waals surface area contributed by atoms with Crippen molar-refractivity contribution in [2.24, 2.45) is 10.7 Å². The van der Waals surface area contributed by atoms with Crippen LogP contribution in [-0.4, -0.2) is 17.3 Å². The van der Waals surface area contributed by atoms with E-state index in [2.05, 4.69) is 11.9 Å². The maximum atomic E-state index is 10.7. The van der Waals surface area contributed by atoms with Gasteiger partial charge < -0.3 is 11.5 Å². The van der Waals surface area contributed by atoms with E-state index in [1.54, 1.807) is 6.07 Å². The standard InChI is InChI=1S/C11H16N4O2.ClH/c1-2-3-6-14-11(13)8-4-5-9(12)10(7-8)15(16)17;/h4-5,7H,2-3,6,12H2,1H3,(H2,13,14);1H. The second kappa shape index (κ2) is 7.50. The Morgan fingerprint density at radius 3 is 2.72 bits per heavy atom. The second-order valence-corrected chi connectivity index (χ2v) is 3.65. The molecular formula is C11H17ClN4O2. The zero-order chi connectivity index (χ0) is 12.8. The first-order valence-electron chi connectivity index (χ1n) is 5.40. The summed E-state index contributed by atoms with van der Waals surface area (Å²) in [6, 6.07) is 4.45. The van der Waals surface area contributed by atoms with Crippen molar-refractivity contribution in [3.05, 3.63) is 33.9 Å². The summed E-state index contributed by atoms with van der Waals surface area (Å²) in [5, 5.41) is 10.7. The number of anilines is 1. The topological polar surface area (TPSA) is 108 Å². The molecule has 100 valence electrons. The minimum atomic E-state index is -0.530. The van der Waals surface area contributed by atoms with E-state index in [0.717, 1.165) is 12.8 Å². The summed E-state index contributed by atoms with van der Waals surface area (Å²) in [5.41, 5.74) is 11.7. The number of hydrogen-bond donors (Lipinski definition) is 2. The Morgan fingerprint density at radius 1 is 1.50 bits per heavy atom. The van der Waals surface area contributed by atoms with Crippen LogP contribution in [0.2, 0.25) is 0 Å². The van der Waals surface area contributed by atoms with Gasteiger partial charge in [-0.2, -0.15) is 0 Å². The van der Waals surface area contributed by atoms with Crippen LogP contribution < -0.4 is 11.5 Å². The first kappa shape index (κ1) is 16.2. The van der Waals surface area contributed by atoms with Crippen molar-refractivity contribution in [3.8, 4) is 0 Å². The van der Waals surface area contributed by atoms with Crippen molar-refractivity contribution in [2.75, 3.05) is 12.3 Å². The number of nitro groups is 1. The Balaban J connectivity index is 0.00000289. The highest BCUT2D eigenvalue weighted by Crippen LogP contribution is 2.22. The molecule has 0 aliphatic heterocycles. The lowest BCUT2D eigenvalue weighted by molar-refractivity contribution is -0.383. The maximum absolute atomic E-state index is 10.7. The molecule has 1 aromatic rings. The minimum absolute atomic E-state index is 0. The first-order chi connectivity index (χ1) is 8.06. The fourth-order valence-electron chi connectivity index (χ4n) is 1.31. The van der Waals surface area contributed by atoms with Crippen molar-refractivity contribution in [3.63, 3.8) is 0 Å². The fourth-order valence-corrected chi connectivity index (χ4v) is 1.31. The zero-order valence-electron chi connectivity index (χ0n) is 10.1. The third-order valence-electron chi connectivity index (χ3n) is 2.32. The van der Waals surface area contributed by atoms with Gasteiger partial charge in [0.15, 0.2) is 0 Å². The molecule has 0 fully saturated rings. The van der Waals surface area contributed by atoms with E-state index in [1.165, 1.54) is 12.1 Å². The van der Waals surface area contributed by atoms with Crippen LogP contribution in [-0.2, 0) is 0 Å². The Labute approximate surface area is 112 Å². The summed E-state index contributed by atoms with van der Waals surface area (Å²) in [5.74, 6) is 0.307. The Morgan fingerprint density at radius 2 is 2.17 bits per heavy atom. The van der Waals surface area contributed by atoms with Crippen molar-refractivity contribution in [1.82, 2.24) is 0 Å². The molecule has 6 nitrogen and oxygen atoms in total. The summed E-state index contributed by atoms with van der Waals surface area (Å²) < 4.78 is 0. The van der Waals surface area contributed by atoms with Crippen LogP contribution >= 0.6 is 12.4 Å². The van der Waals surface area contributed by atoms with Gasteiger partial charge in [0.05, 0.1) is 4.92 Å². The molecule has 0 amide bonds. The highest BCUT2D eigenvalue weighted by Gasteiger charge is 2.13. The summed E-state index contributed by atoms with van der Waals surface area (Å²) >= 11 is 0. The quantitative estimate of drug-likeness (QED) is 0.214. The molecule has 0 heterocycles. The lowest BCUT2D eigenvalue weighted by atomic mass is 10.1. The monoisotopic (exact) mass is 272 g/mol. The van der Waals surface area contributed by atoms with Crippen LogP contribution in [0.1, 0.15) is 25.3 Å². The fraction of sp³-hybridized carbons (Fsp3) is 0.364. The van der Waals surface area contributed by atoms with Gasteiger partial charge in [-0.05, 0) is 18.6 Å². The summed E-state index contributed by atoms with van der Waals surface area (Å²) in [7, 11) is 0. The molecule has 4 N–H and O–H groups in total. The number of amidine groups is 1. The van der Waals surface area contributed by atoms with Gasteiger partial charge in [0, 0.05) is 18.2 Å². The van der Waals surface area contributed by atoms with E-state index in [0.29, 0.717) is 17.9 Å². The van der Waals surface area contributed by atoms with E-state index in [-0.39, 0.29) is 23.8 Å². The highest BCUT2D eigenvalue weighted by molar-refractivity contribution is 5.98. The van der Waals surface area contributed by atoms with E-state index in [9.17, 15) is 10.1 Å². The van der Waals surface area contributed by atoms with Crippen LogP contribution in [0.15, 0.2) is 23.2 Å². The second-order valence-electron chi connectivity index (χ2n) is 3.65. The third kappa shape index (κ3) is 4.21. The lowest BCUT2D eigenvalue weighted by Crippen LogP contribution is -2.14. The molecule has 0 unspecified atom stereocenters. The van der Waals surface area contributed by atoms with E-state index < -0.39 is 4.92 Å². The zero-order valence-corrected chi connectivity index (χ0v) is 10.9. The highest BCUT2D eigenvalue weighted by atomic mass is 35.5. The Hall–Kier alpha value is -1.82. The van der Waals surface area contributed by atoms with E-state index in [1.807, 2.05) is 0 Å². The molecule has 0 saturated heterocycles. The van der Waals surface area contributed by atoms with Crippen molar-refractivity contribution >= 4 is 29.6 Å². The van der Waals surface area contributed by atoms with Gasteiger partial charge in [-0.3, -0.25) is 15.1 Å². The molecule has 0 spiro atoms. The normalized spacial score (nSPS) is 10.8. The molecule has 0 bridgehead atoms. The maximum Gasteiger partial charge on any atom is 0.292 e. The van der Waals surface area contributed by atoms with Gasteiger partial charge in [-0.15, -0.1) is 12.4 Å². The van der Waals surface area contributed by atoms with Crippen LogP contribution in [0.5, 0.6) is 0 Å². The summed E-state index contributed by atoms with van der Waals surface area (Å²) in [6.07, 6.45) is 1.97. The Bertz CT molecular complexity index is 449. The smallest absolute Gasteiger partial charge is 0.292 e. The van der Waals surface area contributed by atoms with Gasteiger partial charge in [-0.1, -0.05) is 13.3 Å². The van der Waals surface area contributed by atoms with Crippen molar-refractivity contribution in [2.45, 2.75) is 19.8 Å². The molecule has 0 atom stereocenters. The summed E-state index contributed by atoms with van der Waals surface area (Å²) in [4.78, 5) is 14.3. The number of nitrogen functional groups attached to an aromatic ring is 1. The lowest BCUT2D eigenvalue weighted by Gasteiger charge is -2.03. The van der Waals surface area contributed by atoms with Gasteiger partial charge in [0.25, 0.3) is 5.69 Å². The van der Waals surface area contributed by atoms with Crippen LogP contribution in [0.3, 0.4) is 0 Å². The SMILES string of the molecule is CCCCN=C(N)c1ccc(N)c([N+](=O)[O-])c1.Cl. The number of unbranched alkanes of at least 4 members (excludes halogenated alkanes) is 1. The van der Waals surface area contributed by atoms with Crippen molar-refractivity contribution < 1.29 is 4.92 Å². The molecule has 0 aromatic heterocycles. The summed E-state index contributed by atoms with van der Waals surface area (Å²) in [6.45, 7) is 2.68. The van der Waals surface area contributed by atoms with Crippen LogP contribution in [0.25, 0.3) is 0 Å². The number of benzene rings is 1. The molecule has 0 radical (unpaired) electrons. The number of nitro benzene ring substituents is 1. The third-order valence-corrected chi connectivity index (χ3v) is 2.32. The van der Waals surface area contributed by atoms with Crippen molar-refractivity contribution in [1.29, 1.82) is 0 Å².